The van der Waals surface area contributed by atoms with Crippen molar-refractivity contribution in [2.45, 2.75) is 12.5 Å². The first kappa shape index (κ1) is 16.3. The fraction of sp³-hybridized carbons (Fsp3) is 0.455. The largest absolute Gasteiger partial charge is 0.391 e. The van der Waals surface area contributed by atoms with E-state index in [0.29, 0.717) is 6.42 Å². The van der Waals surface area contributed by atoms with Gasteiger partial charge in [0.2, 0.25) is 0 Å². The maximum absolute atomic E-state index is 11.8. The Hall–Kier alpha value is -1.77. The fourth-order valence-corrected chi connectivity index (χ4v) is 1.61. The summed E-state index contributed by atoms with van der Waals surface area (Å²) in [4.78, 5) is 25.3. The molecule has 1 rings (SSSR count). The molecule has 0 saturated carbocycles. The lowest BCUT2D eigenvalue weighted by molar-refractivity contribution is -0.385. The van der Waals surface area contributed by atoms with E-state index in [4.69, 9.17) is 16.3 Å². The van der Waals surface area contributed by atoms with E-state index in [-0.39, 0.29) is 29.6 Å². The molecule has 0 aliphatic carbocycles. The first-order valence-electron chi connectivity index (χ1n) is 5.70. The number of nitrogens with zero attached hydrogens (tertiary/aromatic N) is 2. The van der Waals surface area contributed by atoms with Crippen LogP contribution in [-0.2, 0) is 4.74 Å². The third-order valence-electron chi connectivity index (χ3n) is 2.40. The Balaban J connectivity index is 2.63. The van der Waals surface area contributed by atoms with Gasteiger partial charge in [0.05, 0.1) is 23.2 Å². The van der Waals surface area contributed by atoms with Gasteiger partial charge in [-0.3, -0.25) is 14.9 Å². The fourth-order valence-electron chi connectivity index (χ4n) is 1.42. The van der Waals surface area contributed by atoms with E-state index in [1.165, 1.54) is 7.11 Å². The SMILES string of the molecule is COCC(O)CCNC(=O)c1cc([N+](=O)[O-])cnc1Cl. The smallest absolute Gasteiger partial charge is 0.288 e. The van der Waals surface area contributed by atoms with Crippen LogP contribution in [-0.4, -0.2) is 47.3 Å². The summed E-state index contributed by atoms with van der Waals surface area (Å²) in [5, 5.41) is 22.4. The zero-order chi connectivity index (χ0) is 15.1. The summed E-state index contributed by atoms with van der Waals surface area (Å²) in [6, 6.07) is 1.05. The van der Waals surface area contributed by atoms with Crippen LogP contribution in [0.5, 0.6) is 0 Å². The molecule has 9 heteroatoms. The molecule has 1 atom stereocenters. The Bertz CT molecular complexity index is 497. The Morgan fingerprint density at radius 1 is 1.70 bits per heavy atom. The Labute approximate surface area is 119 Å². The number of methoxy groups -OCH3 is 1. The molecular formula is C11H14ClN3O5. The maximum atomic E-state index is 11.8. The van der Waals surface area contributed by atoms with Gasteiger partial charge in [-0.2, -0.15) is 0 Å². The maximum Gasteiger partial charge on any atom is 0.288 e. The van der Waals surface area contributed by atoms with Gasteiger partial charge in [-0.15, -0.1) is 0 Å². The number of pyridine rings is 1. The lowest BCUT2D eigenvalue weighted by atomic mass is 10.2. The highest BCUT2D eigenvalue weighted by Crippen LogP contribution is 2.18. The first-order valence-corrected chi connectivity index (χ1v) is 6.08. The molecule has 0 aliphatic heterocycles. The summed E-state index contributed by atoms with van der Waals surface area (Å²) < 4.78 is 4.74. The van der Waals surface area contributed by atoms with Crippen LogP contribution >= 0.6 is 11.6 Å². The number of rotatable bonds is 7. The zero-order valence-corrected chi connectivity index (χ0v) is 11.5. The van der Waals surface area contributed by atoms with Gasteiger partial charge >= 0.3 is 0 Å². The second kappa shape index (κ2) is 7.73. The van der Waals surface area contributed by atoms with E-state index in [0.717, 1.165) is 12.3 Å². The number of nitrogens with one attached hydrogen (secondary N) is 1. The van der Waals surface area contributed by atoms with Crippen LogP contribution in [0.25, 0.3) is 0 Å². The summed E-state index contributed by atoms with van der Waals surface area (Å²) in [7, 11) is 1.45. The third-order valence-corrected chi connectivity index (χ3v) is 2.70. The highest BCUT2D eigenvalue weighted by Gasteiger charge is 2.17. The summed E-state index contributed by atoms with van der Waals surface area (Å²) in [6.45, 7) is 0.345. The molecule has 0 saturated heterocycles. The predicted octanol–water partition coefficient (Wildman–Crippen LogP) is 0.770. The van der Waals surface area contributed by atoms with Gasteiger partial charge in [0.25, 0.3) is 11.6 Å². The van der Waals surface area contributed by atoms with E-state index < -0.39 is 16.9 Å². The standard InChI is InChI=1S/C11H14ClN3O5/c1-20-6-8(16)2-3-13-11(17)9-4-7(15(18)19)5-14-10(9)12/h4-5,8,16H,2-3,6H2,1H3,(H,13,17). The Morgan fingerprint density at radius 3 is 3.00 bits per heavy atom. The van der Waals surface area contributed by atoms with Crippen molar-refractivity contribution in [2.24, 2.45) is 0 Å². The molecule has 0 aromatic carbocycles. The normalized spacial score (nSPS) is 11.9. The van der Waals surface area contributed by atoms with Crippen LogP contribution in [0, 0.1) is 10.1 Å². The van der Waals surface area contributed by atoms with E-state index in [1.54, 1.807) is 0 Å². The van der Waals surface area contributed by atoms with Gasteiger partial charge in [-0.1, -0.05) is 11.6 Å². The lowest BCUT2D eigenvalue weighted by Crippen LogP contribution is -2.28. The van der Waals surface area contributed by atoms with Crippen LogP contribution in [0.1, 0.15) is 16.8 Å². The molecule has 0 bridgehead atoms. The summed E-state index contributed by atoms with van der Waals surface area (Å²) in [5.41, 5.74) is -0.402. The van der Waals surface area contributed by atoms with E-state index in [9.17, 15) is 20.0 Å². The lowest BCUT2D eigenvalue weighted by Gasteiger charge is -2.10. The number of hydrogen-bond donors (Lipinski definition) is 2. The van der Waals surface area contributed by atoms with Gasteiger partial charge in [-0.25, -0.2) is 4.98 Å². The van der Waals surface area contributed by atoms with Crippen molar-refractivity contribution in [2.75, 3.05) is 20.3 Å². The number of aliphatic hydroxyl groups excluding tert-OH is 1. The topological polar surface area (TPSA) is 115 Å². The third kappa shape index (κ3) is 4.72. The Morgan fingerprint density at radius 2 is 2.40 bits per heavy atom. The van der Waals surface area contributed by atoms with Gasteiger partial charge in [-0.05, 0) is 6.42 Å². The van der Waals surface area contributed by atoms with Crippen molar-refractivity contribution in [3.8, 4) is 0 Å². The molecule has 1 amide bonds. The van der Waals surface area contributed by atoms with Crippen LogP contribution < -0.4 is 5.32 Å². The minimum absolute atomic E-state index is 0.0814. The van der Waals surface area contributed by atoms with Crippen molar-refractivity contribution in [1.29, 1.82) is 0 Å². The summed E-state index contributed by atoms with van der Waals surface area (Å²) in [6.07, 6.45) is 0.570. The molecule has 0 aliphatic rings. The number of halogens is 1. The first-order chi connectivity index (χ1) is 9.45. The van der Waals surface area contributed by atoms with E-state index in [1.807, 2.05) is 0 Å². The average Bonchev–Trinajstić information content (AvgIpc) is 2.39. The second-order valence-corrected chi connectivity index (χ2v) is 4.30. The van der Waals surface area contributed by atoms with E-state index >= 15 is 0 Å². The van der Waals surface area contributed by atoms with Crippen molar-refractivity contribution in [3.63, 3.8) is 0 Å². The van der Waals surface area contributed by atoms with Crippen molar-refractivity contribution >= 4 is 23.2 Å². The van der Waals surface area contributed by atoms with Crippen LogP contribution in [0.2, 0.25) is 5.15 Å². The van der Waals surface area contributed by atoms with Gasteiger partial charge in [0.1, 0.15) is 11.3 Å². The minimum Gasteiger partial charge on any atom is -0.391 e. The van der Waals surface area contributed by atoms with Gasteiger partial charge in [0, 0.05) is 19.7 Å². The molecule has 1 aromatic rings. The molecule has 2 N–H and O–H groups in total. The van der Waals surface area contributed by atoms with Crippen LogP contribution in [0.3, 0.4) is 0 Å². The molecule has 20 heavy (non-hydrogen) atoms. The molecule has 1 heterocycles. The number of ether oxygens (including phenoxy) is 1. The molecule has 0 spiro atoms. The zero-order valence-electron chi connectivity index (χ0n) is 10.7. The average molecular weight is 304 g/mol. The second-order valence-electron chi connectivity index (χ2n) is 3.94. The molecule has 110 valence electrons. The van der Waals surface area contributed by atoms with Gasteiger partial charge < -0.3 is 15.2 Å². The number of aliphatic hydroxyl groups is 1. The van der Waals surface area contributed by atoms with Crippen molar-refractivity contribution in [1.82, 2.24) is 10.3 Å². The highest BCUT2D eigenvalue weighted by atomic mass is 35.5. The number of carbonyl (C=O) groups is 1. The number of carbonyl (C=O) groups excluding carboxylic acids is 1. The number of aromatic nitrogens is 1. The van der Waals surface area contributed by atoms with Crippen LogP contribution in [0.15, 0.2) is 12.3 Å². The molecule has 1 unspecified atom stereocenters. The van der Waals surface area contributed by atoms with Crippen molar-refractivity contribution in [3.05, 3.63) is 33.1 Å². The minimum atomic E-state index is -0.695. The predicted molar refractivity (Wildman–Crippen MR) is 70.7 cm³/mol. The van der Waals surface area contributed by atoms with E-state index in [2.05, 4.69) is 10.3 Å². The molecule has 8 nitrogen and oxygen atoms in total. The van der Waals surface area contributed by atoms with Gasteiger partial charge in [0.15, 0.2) is 0 Å². The number of hydrogen-bond acceptors (Lipinski definition) is 6. The Kier molecular flexibility index (Phi) is 6.29. The molecular weight excluding hydrogens is 290 g/mol. The highest BCUT2D eigenvalue weighted by molar-refractivity contribution is 6.32. The number of nitro groups is 1. The summed E-state index contributed by atoms with van der Waals surface area (Å²) >= 11 is 5.72. The quantitative estimate of drug-likeness (QED) is 0.437. The molecule has 0 fully saturated rings. The molecule has 1 aromatic heterocycles. The van der Waals surface area contributed by atoms with Crippen LogP contribution in [0.4, 0.5) is 5.69 Å². The summed E-state index contributed by atoms with van der Waals surface area (Å²) in [5.74, 6) is -0.587. The number of amides is 1. The monoisotopic (exact) mass is 303 g/mol. The molecule has 0 radical (unpaired) electrons. The van der Waals surface area contributed by atoms with Crippen molar-refractivity contribution < 1.29 is 19.6 Å².